The molecule has 0 saturated carbocycles. The number of aliphatic imine (C=N–C) groups is 1. The number of ether oxygens (including phenoxy) is 1. The van der Waals surface area contributed by atoms with Crippen molar-refractivity contribution in [1.82, 2.24) is 14.5 Å². The number of fused-ring (bicyclic) bond motifs is 2. The number of hydrogen-bond donors (Lipinski definition) is 1. The number of nitrogens with one attached hydrogen (secondary N) is 1. The second-order valence-corrected chi connectivity index (χ2v) is 9.09. The third kappa shape index (κ3) is 3.98. The first-order chi connectivity index (χ1) is 18.0. The summed E-state index contributed by atoms with van der Waals surface area (Å²) < 4.78 is 21.5. The third-order valence-electron chi connectivity index (χ3n) is 6.85. The predicted octanol–water partition coefficient (Wildman–Crippen LogP) is 5.68. The van der Waals surface area contributed by atoms with Crippen LogP contribution in [0.1, 0.15) is 16.7 Å². The van der Waals surface area contributed by atoms with E-state index < -0.39 is 0 Å². The molecular weight excluding hydrogens is 467 g/mol. The van der Waals surface area contributed by atoms with Crippen molar-refractivity contribution >= 4 is 39.6 Å². The van der Waals surface area contributed by atoms with Gasteiger partial charge in [-0.1, -0.05) is 30.3 Å². The van der Waals surface area contributed by atoms with Gasteiger partial charge >= 0.3 is 0 Å². The van der Waals surface area contributed by atoms with Crippen molar-refractivity contribution in [2.45, 2.75) is 6.42 Å². The number of nitrogens with zero attached hydrogens (tertiary/aromatic N) is 3. The monoisotopic (exact) mass is 492 g/mol. The zero-order valence-electron chi connectivity index (χ0n) is 20.5. The number of benzene rings is 3. The van der Waals surface area contributed by atoms with Crippen LogP contribution in [0.15, 0.2) is 89.8 Å². The van der Waals surface area contributed by atoms with Crippen LogP contribution in [0.25, 0.3) is 27.9 Å². The lowest BCUT2D eigenvalue weighted by Gasteiger charge is -2.19. The molecule has 6 rings (SSSR count). The Kier molecular flexibility index (Phi) is 5.60. The molecule has 0 spiro atoms. The summed E-state index contributed by atoms with van der Waals surface area (Å²) in [5.74, 6) is 0.710. The Morgan fingerprint density at radius 3 is 2.73 bits per heavy atom. The number of H-pyrrole nitrogens is 1. The van der Waals surface area contributed by atoms with Crippen LogP contribution >= 0.6 is 0 Å². The quantitative estimate of drug-likeness (QED) is 0.310. The average Bonchev–Trinajstić information content (AvgIpc) is 3.56. The molecule has 1 N–H and O–H groups in total. The molecule has 1 aliphatic rings. The average molecular weight is 493 g/mol. The maximum Gasteiger partial charge on any atom is 0.278 e. The van der Waals surface area contributed by atoms with Gasteiger partial charge in [-0.2, -0.15) is 0 Å². The summed E-state index contributed by atoms with van der Waals surface area (Å²) in [6.45, 7) is 0.381. The van der Waals surface area contributed by atoms with Crippen molar-refractivity contribution in [2.75, 3.05) is 13.7 Å². The number of amidine groups is 1. The molecule has 7 heteroatoms. The Morgan fingerprint density at radius 2 is 1.86 bits per heavy atom. The van der Waals surface area contributed by atoms with E-state index in [1.807, 2.05) is 78.6 Å². The fourth-order valence-electron chi connectivity index (χ4n) is 5.02. The summed E-state index contributed by atoms with van der Waals surface area (Å²) in [6, 6.07) is 20.3. The van der Waals surface area contributed by atoms with Crippen molar-refractivity contribution in [2.24, 2.45) is 12.0 Å². The Bertz CT molecular complexity index is 1730. The Labute approximate surface area is 213 Å². The number of carbonyl (C=O) groups excluding carboxylic acids is 1. The highest BCUT2D eigenvalue weighted by Gasteiger charge is 2.32. The molecule has 1 aliphatic heterocycles. The minimum absolute atomic E-state index is 0.181. The van der Waals surface area contributed by atoms with E-state index in [0.717, 1.165) is 38.5 Å². The van der Waals surface area contributed by atoms with Gasteiger partial charge in [-0.25, -0.2) is 9.38 Å². The normalized spacial score (nSPS) is 14.8. The summed E-state index contributed by atoms with van der Waals surface area (Å²) in [6.07, 6.45) is 6.26. The second kappa shape index (κ2) is 9.09. The highest BCUT2D eigenvalue weighted by Crippen LogP contribution is 2.30. The molecule has 3 aromatic carbocycles. The maximum absolute atomic E-state index is 13.9. The van der Waals surface area contributed by atoms with Gasteiger partial charge in [-0.05, 0) is 54.5 Å². The van der Waals surface area contributed by atoms with E-state index in [0.29, 0.717) is 30.2 Å². The number of aryl methyl sites for hydroxylation is 1. The van der Waals surface area contributed by atoms with Gasteiger partial charge in [0.1, 0.15) is 23.1 Å². The van der Waals surface area contributed by atoms with Crippen molar-refractivity contribution in [3.63, 3.8) is 0 Å². The van der Waals surface area contributed by atoms with E-state index in [1.165, 1.54) is 12.1 Å². The van der Waals surface area contributed by atoms with E-state index in [2.05, 4.69) is 4.98 Å². The van der Waals surface area contributed by atoms with Crippen LogP contribution in [0.4, 0.5) is 4.39 Å². The molecule has 0 bridgehead atoms. The summed E-state index contributed by atoms with van der Waals surface area (Å²) >= 11 is 0. The topological polar surface area (TPSA) is 62.6 Å². The fourth-order valence-corrected chi connectivity index (χ4v) is 5.02. The lowest BCUT2D eigenvalue weighted by molar-refractivity contribution is -0.122. The van der Waals surface area contributed by atoms with Crippen LogP contribution < -0.4 is 4.74 Å². The number of rotatable bonds is 6. The highest BCUT2D eigenvalue weighted by atomic mass is 19.1. The minimum atomic E-state index is -0.290. The van der Waals surface area contributed by atoms with E-state index in [4.69, 9.17) is 9.73 Å². The van der Waals surface area contributed by atoms with Crippen LogP contribution in [0.3, 0.4) is 0 Å². The number of aromatic amines is 1. The largest absolute Gasteiger partial charge is 0.496 e. The van der Waals surface area contributed by atoms with Gasteiger partial charge in [0.15, 0.2) is 0 Å². The number of methoxy groups -OCH3 is 1. The first-order valence-electron chi connectivity index (χ1n) is 12.1. The lowest BCUT2D eigenvalue weighted by atomic mass is 10.1. The Morgan fingerprint density at radius 1 is 1.05 bits per heavy atom. The molecule has 37 heavy (non-hydrogen) atoms. The third-order valence-corrected chi connectivity index (χ3v) is 6.85. The second-order valence-electron chi connectivity index (χ2n) is 9.09. The molecule has 184 valence electrons. The lowest BCUT2D eigenvalue weighted by Crippen LogP contribution is -2.34. The molecule has 2 aromatic heterocycles. The fraction of sp³-hybridized carbons (Fsp3) is 0.133. The van der Waals surface area contributed by atoms with Crippen molar-refractivity contribution in [3.8, 4) is 5.75 Å². The number of hydrogen-bond acceptors (Lipinski definition) is 3. The molecule has 0 atom stereocenters. The number of para-hydroxylation sites is 2. The highest BCUT2D eigenvalue weighted by molar-refractivity contribution is 6.20. The Balaban J connectivity index is 1.40. The molecule has 0 fully saturated rings. The molecule has 0 unspecified atom stereocenters. The van der Waals surface area contributed by atoms with Crippen LogP contribution in [0, 0.1) is 5.82 Å². The molecular formula is C30H25FN4O2. The molecule has 0 aliphatic carbocycles. The molecule has 3 heterocycles. The van der Waals surface area contributed by atoms with Gasteiger partial charge < -0.3 is 14.3 Å². The molecule has 5 aromatic rings. The number of aromatic nitrogens is 2. The number of carbonyl (C=O) groups is 1. The maximum atomic E-state index is 13.9. The SMILES string of the molecule is COc1ccccc1C1=N/C(=C\c2cn(C)c3ccccc23)C(=O)N1CCc1c[nH]c2ccc(F)cc12. The first-order valence-corrected chi connectivity index (χ1v) is 12.1. The van der Waals surface area contributed by atoms with Gasteiger partial charge in [0.05, 0.1) is 12.7 Å². The van der Waals surface area contributed by atoms with E-state index in [-0.39, 0.29) is 11.7 Å². The van der Waals surface area contributed by atoms with Crippen LogP contribution in [-0.2, 0) is 18.3 Å². The van der Waals surface area contributed by atoms with Gasteiger partial charge in [-0.3, -0.25) is 9.69 Å². The van der Waals surface area contributed by atoms with Gasteiger partial charge in [0.25, 0.3) is 5.91 Å². The van der Waals surface area contributed by atoms with Crippen molar-refractivity contribution in [1.29, 1.82) is 0 Å². The molecule has 6 nitrogen and oxygen atoms in total. The smallest absolute Gasteiger partial charge is 0.278 e. The Hall–Kier alpha value is -4.65. The zero-order chi connectivity index (χ0) is 25.5. The van der Waals surface area contributed by atoms with Gasteiger partial charge in [0.2, 0.25) is 0 Å². The minimum Gasteiger partial charge on any atom is -0.496 e. The number of amides is 1. The number of halogens is 1. The van der Waals surface area contributed by atoms with Crippen LogP contribution in [0.5, 0.6) is 5.75 Å². The van der Waals surface area contributed by atoms with Crippen molar-refractivity contribution < 1.29 is 13.9 Å². The van der Waals surface area contributed by atoms with Gasteiger partial charge in [-0.15, -0.1) is 0 Å². The van der Waals surface area contributed by atoms with E-state index >= 15 is 0 Å². The summed E-state index contributed by atoms with van der Waals surface area (Å²) in [7, 11) is 3.59. The molecule has 0 saturated heterocycles. The summed E-state index contributed by atoms with van der Waals surface area (Å²) in [4.78, 5) is 23.4. The van der Waals surface area contributed by atoms with Crippen LogP contribution in [0.2, 0.25) is 0 Å². The standard InChI is InChI=1S/C30H25FN4O2/c1-34-18-20(22-7-3-5-9-27(22)34)15-26-30(36)35(29(33-26)23-8-4-6-10-28(23)37-2)14-13-19-17-32-25-12-11-21(31)16-24(19)25/h3-12,15-18,32H,13-14H2,1-2H3/b26-15-. The molecule has 0 radical (unpaired) electrons. The predicted molar refractivity (Wildman–Crippen MR) is 144 cm³/mol. The van der Waals surface area contributed by atoms with E-state index in [9.17, 15) is 9.18 Å². The molecule has 1 amide bonds. The van der Waals surface area contributed by atoms with E-state index in [1.54, 1.807) is 18.1 Å². The first kappa shape index (κ1) is 22.8. The summed E-state index contributed by atoms with van der Waals surface area (Å²) in [5, 5.41) is 1.87. The zero-order valence-corrected chi connectivity index (χ0v) is 20.5. The van der Waals surface area contributed by atoms with Crippen LogP contribution in [-0.4, -0.2) is 39.8 Å². The summed E-state index contributed by atoms with van der Waals surface area (Å²) in [5.41, 5.74) is 4.91. The van der Waals surface area contributed by atoms with Crippen molar-refractivity contribution in [3.05, 3.63) is 107 Å². The van der Waals surface area contributed by atoms with Gasteiger partial charge in [0, 0.05) is 53.4 Å².